The second-order valence-corrected chi connectivity index (χ2v) is 8.23. The van der Waals surface area contributed by atoms with Gasteiger partial charge in [-0.25, -0.2) is 4.98 Å². The van der Waals surface area contributed by atoms with Gasteiger partial charge in [-0.15, -0.1) is 0 Å². The third-order valence-corrected chi connectivity index (χ3v) is 6.11. The molecule has 1 amide bonds. The number of hydrogen-bond acceptors (Lipinski definition) is 5. The average molecular weight is 354 g/mol. The van der Waals surface area contributed by atoms with E-state index in [1.165, 1.54) is 0 Å². The maximum Gasteiger partial charge on any atom is 0.223 e. The molecule has 6 heteroatoms. The third-order valence-electron chi connectivity index (χ3n) is 6.11. The number of hydrogen-bond donors (Lipinski definition) is 1. The van der Waals surface area contributed by atoms with Crippen molar-refractivity contribution in [2.75, 3.05) is 31.1 Å². The van der Waals surface area contributed by atoms with Crippen molar-refractivity contribution in [3.63, 3.8) is 0 Å². The second-order valence-electron chi connectivity index (χ2n) is 8.23. The molecule has 3 unspecified atom stereocenters. The van der Waals surface area contributed by atoms with Gasteiger partial charge in [0.15, 0.2) is 0 Å². The van der Waals surface area contributed by atoms with Crippen LogP contribution in [0.3, 0.4) is 0 Å². The lowest BCUT2D eigenvalue weighted by atomic mass is 9.77. The molecule has 1 aliphatic carbocycles. The van der Waals surface area contributed by atoms with Crippen molar-refractivity contribution in [3.05, 3.63) is 23.4 Å². The van der Waals surface area contributed by atoms with E-state index in [1.54, 1.807) is 6.20 Å². The number of ether oxygens (including phenoxy) is 1. The van der Waals surface area contributed by atoms with Crippen LogP contribution in [0.2, 0.25) is 0 Å². The molecular weight excluding hydrogens is 328 g/mol. The summed E-state index contributed by atoms with van der Waals surface area (Å²) in [5.74, 6) is 1.99. The zero-order valence-electron chi connectivity index (χ0n) is 15.5. The summed E-state index contributed by atoms with van der Waals surface area (Å²) in [5.41, 5.74) is 1.82. The highest BCUT2D eigenvalue weighted by Gasteiger charge is 2.50. The molecule has 1 N–H and O–H groups in total. The lowest BCUT2D eigenvalue weighted by molar-refractivity contribution is -0.123. The standard InChI is InChI=1S/C20H26N4O2/c1-3-15-5-17(15)19(25)23-9-16-6-20(12-26-16)10-24(11-20)18-13(2)4-14(7-21)8-22-18/h4,8,15-17H,3,5-6,9-12H2,1-2H3,(H,23,25). The van der Waals surface area contributed by atoms with Crippen molar-refractivity contribution in [2.24, 2.45) is 17.3 Å². The lowest BCUT2D eigenvalue weighted by Crippen LogP contribution is -2.57. The number of anilines is 1. The maximum atomic E-state index is 12.1. The summed E-state index contributed by atoms with van der Waals surface area (Å²) in [6, 6.07) is 4.02. The summed E-state index contributed by atoms with van der Waals surface area (Å²) in [6.45, 7) is 7.38. The highest BCUT2D eigenvalue weighted by molar-refractivity contribution is 5.81. The summed E-state index contributed by atoms with van der Waals surface area (Å²) < 4.78 is 5.96. The van der Waals surface area contributed by atoms with Crippen LogP contribution in [0.15, 0.2) is 12.3 Å². The van der Waals surface area contributed by atoms with Gasteiger partial charge in [0, 0.05) is 37.2 Å². The van der Waals surface area contributed by atoms with E-state index in [0.29, 0.717) is 18.0 Å². The van der Waals surface area contributed by atoms with Crippen molar-refractivity contribution < 1.29 is 9.53 Å². The van der Waals surface area contributed by atoms with Crippen LogP contribution in [-0.2, 0) is 9.53 Å². The molecule has 1 aromatic heterocycles. The predicted octanol–water partition coefficient (Wildman–Crippen LogP) is 2.02. The molecule has 0 bridgehead atoms. The lowest BCUT2D eigenvalue weighted by Gasteiger charge is -2.48. The maximum absolute atomic E-state index is 12.1. The van der Waals surface area contributed by atoms with Gasteiger partial charge in [0.05, 0.1) is 18.3 Å². The Kier molecular flexibility index (Phi) is 4.36. The van der Waals surface area contributed by atoms with E-state index < -0.39 is 0 Å². The molecule has 2 saturated heterocycles. The van der Waals surface area contributed by atoms with Gasteiger partial charge in [-0.3, -0.25) is 4.79 Å². The topological polar surface area (TPSA) is 78.2 Å². The number of pyridine rings is 1. The minimum absolute atomic E-state index is 0.120. The minimum Gasteiger partial charge on any atom is -0.376 e. The highest BCUT2D eigenvalue weighted by Crippen LogP contribution is 2.44. The Morgan fingerprint density at radius 1 is 1.54 bits per heavy atom. The van der Waals surface area contributed by atoms with Crippen molar-refractivity contribution >= 4 is 11.7 Å². The van der Waals surface area contributed by atoms with Crippen LogP contribution in [0, 0.1) is 35.5 Å². The van der Waals surface area contributed by atoms with Crippen LogP contribution in [0.5, 0.6) is 0 Å². The van der Waals surface area contributed by atoms with E-state index in [-0.39, 0.29) is 23.3 Å². The third kappa shape index (κ3) is 3.16. The van der Waals surface area contributed by atoms with E-state index in [2.05, 4.69) is 28.2 Å². The molecule has 2 aliphatic heterocycles. The Morgan fingerprint density at radius 3 is 3.00 bits per heavy atom. The van der Waals surface area contributed by atoms with Crippen molar-refractivity contribution in [2.45, 2.75) is 39.2 Å². The van der Waals surface area contributed by atoms with Gasteiger partial charge in [-0.2, -0.15) is 5.26 Å². The molecule has 0 radical (unpaired) electrons. The molecule has 1 aromatic rings. The van der Waals surface area contributed by atoms with Crippen LogP contribution in [-0.4, -0.2) is 43.2 Å². The number of aryl methyl sites for hydroxylation is 1. The van der Waals surface area contributed by atoms with Crippen LogP contribution in [0.25, 0.3) is 0 Å². The predicted molar refractivity (Wildman–Crippen MR) is 97.6 cm³/mol. The smallest absolute Gasteiger partial charge is 0.223 e. The number of carbonyl (C=O) groups excluding carboxylic acids is 1. The first-order valence-electron chi connectivity index (χ1n) is 9.54. The molecule has 4 rings (SSSR count). The number of carbonyl (C=O) groups is 1. The fraction of sp³-hybridized carbons (Fsp3) is 0.650. The molecule has 3 aliphatic rings. The summed E-state index contributed by atoms with van der Waals surface area (Å²) in [6.07, 6.45) is 4.89. The average Bonchev–Trinajstić information content (AvgIpc) is 3.29. The van der Waals surface area contributed by atoms with Gasteiger partial charge in [-0.05, 0) is 37.3 Å². The van der Waals surface area contributed by atoms with Crippen molar-refractivity contribution in [1.29, 1.82) is 5.26 Å². The quantitative estimate of drug-likeness (QED) is 0.875. The number of nitriles is 1. The van der Waals surface area contributed by atoms with Gasteiger partial charge in [0.2, 0.25) is 5.91 Å². The Hall–Kier alpha value is -2.13. The van der Waals surface area contributed by atoms with Gasteiger partial charge in [0.1, 0.15) is 11.9 Å². The van der Waals surface area contributed by atoms with Crippen molar-refractivity contribution in [3.8, 4) is 6.07 Å². The summed E-state index contributed by atoms with van der Waals surface area (Å²) in [7, 11) is 0. The molecule has 0 aromatic carbocycles. The Balaban J connectivity index is 1.26. The van der Waals surface area contributed by atoms with E-state index in [1.807, 2.05) is 13.0 Å². The zero-order valence-corrected chi connectivity index (χ0v) is 15.5. The largest absolute Gasteiger partial charge is 0.376 e. The SMILES string of the molecule is CCC1CC1C(=O)NCC1CC2(CO1)CN(c1ncc(C#N)cc1C)C2. The monoisotopic (exact) mass is 354 g/mol. The fourth-order valence-electron chi connectivity index (χ4n) is 4.49. The van der Waals surface area contributed by atoms with E-state index in [0.717, 1.165) is 50.3 Å². The first-order valence-corrected chi connectivity index (χ1v) is 9.54. The first-order chi connectivity index (χ1) is 12.5. The Labute approximate surface area is 154 Å². The van der Waals surface area contributed by atoms with E-state index >= 15 is 0 Å². The number of nitrogens with one attached hydrogen (secondary N) is 1. The highest BCUT2D eigenvalue weighted by atomic mass is 16.5. The number of amides is 1. The van der Waals surface area contributed by atoms with E-state index in [4.69, 9.17) is 10.00 Å². The molecule has 138 valence electrons. The van der Waals surface area contributed by atoms with Gasteiger partial charge in [0.25, 0.3) is 0 Å². The van der Waals surface area contributed by atoms with Crippen LogP contribution < -0.4 is 10.2 Å². The normalized spacial score (nSPS) is 28.5. The Morgan fingerprint density at radius 2 is 2.35 bits per heavy atom. The first kappa shape index (κ1) is 17.3. The van der Waals surface area contributed by atoms with Crippen LogP contribution in [0.1, 0.15) is 37.3 Å². The molecule has 3 fully saturated rings. The molecule has 3 atom stereocenters. The zero-order chi connectivity index (χ0) is 18.3. The molecule has 6 nitrogen and oxygen atoms in total. The fourth-order valence-corrected chi connectivity index (χ4v) is 4.49. The van der Waals surface area contributed by atoms with Gasteiger partial charge in [-0.1, -0.05) is 13.3 Å². The van der Waals surface area contributed by atoms with E-state index in [9.17, 15) is 4.79 Å². The summed E-state index contributed by atoms with van der Waals surface area (Å²) in [4.78, 5) is 18.8. The van der Waals surface area contributed by atoms with Gasteiger partial charge >= 0.3 is 0 Å². The molecule has 26 heavy (non-hydrogen) atoms. The number of rotatable bonds is 5. The number of aromatic nitrogens is 1. The molecular formula is C20H26N4O2. The van der Waals surface area contributed by atoms with Crippen molar-refractivity contribution in [1.82, 2.24) is 10.3 Å². The molecule has 1 saturated carbocycles. The van der Waals surface area contributed by atoms with Crippen LogP contribution >= 0.6 is 0 Å². The van der Waals surface area contributed by atoms with Crippen LogP contribution in [0.4, 0.5) is 5.82 Å². The molecule has 1 spiro atoms. The minimum atomic E-state index is 0.120. The molecule has 3 heterocycles. The number of nitrogens with zero attached hydrogens (tertiary/aromatic N) is 3. The summed E-state index contributed by atoms with van der Waals surface area (Å²) >= 11 is 0. The second kappa shape index (κ2) is 6.55. The van der Waals surface area contributed by atoms with Gasteiger partial charge < -0.3 is 15.0 Å². The summed E-state index contributed by atoms with van der Waals surface area (Å²) in [5, 5.41) is 12.0. The Bertz CT molecular complexity index is 751.